The summed E-state index contributed by atoms with van der Waals surface area (Å²) in [6.07, 6.45) is 0. The van der Waals surface area contributed by atoms with Crippen LogP contribution in [-0.4, -0.2) is 12.6 Å². The van der Waals surface area contributed by atoms with E-state index in [1.165, 1.54) is 19.1 Å². The van der Waals surface area contributed by atoms with Crippen molar-refractivity contribution in [2.75, 3.05) is 6.79 Å². The van der Waals surface area contributed by atoms with Crippen LogP contribution in [0.3, 0.4) is 0 Å². The lowest BCUT2D eigenvalue weighted by molar-refractivity contribution is 0.101. The molecular weight excluding hydrogens is 175 g/mol. The van der Waals surface area contributed by atoms with Gasteiger partial charge in [-0.3, -0.25) is 4.79 Å². The molecule has 68 valence electrons. The lowest BCUT2D eigenvalue weighted by Crippen LogP contribution is -1.96. The molecule has 0 aliphatic carbocycles. The van der Waals surface area contributed by atoms with E-state index in [1.807, 2.05) is 0 Å². The second-order valence-electron chi connectivity index (χ2n) is 2.74. The Kier molecular flexibility index (Phi) is 1.69. The molecule has 0 aromatic heterocycles. The van der Waals surface area contributed by atoms with Gasteiger partial charge < -0.3 is 9.47 Å². The van der Waals surface area contributed by atoms with Crippen molar-refractivity contribution in [1.82, 2.24) is 0 Å². The molecule has 4 heteroatoms. The van der Waals surface area contributed by atoms with Crippen LogP contribution in [0.4, 0.5) is 4.39 Å². The second-order valence-corrected chi connectivity index (χ2v) is 2.74. The third-order valence-corrected chi connectivity index (χ3v) is 1.84. The van der Waals surface area contributed by atoms with Gasteiger partial charge in [0.2, 0.25) is 6.79 Å². The number of fused-ring (bicyclic) bond motifs is 1. The SMILES string of the molecule is CC(=O)c1cc2c(cc1F)OCO2. The lowest BCUT2D eigenvalue weighted by Gasteiger charge is -2.00. The van der Waals surface area contributed by atoms with Gasteiger partial charge in [0.25, 0.3) is 0 Å². The molecule has 1 aliphatic rings. The highest BCUT2D eigenvalue weighted by Crippen LogP contribution is 2.34. The topological polar surface area (TPSA) is 35.5 Å². The van der Waals surface area contributed by atoms with Gasteiger partial charge in [0.15, 0.2) is 17.3 Å². The van der Waals surface area contributed by atoms with Gasteiger partial charge in [-0.1, -0.05) is 0 Å². The molecule has 13 heavy (non-hydrogen) atoms. The van der Waals surface area contributed by atoms with Crippen molar-refractivity contribution in [3.05, 3.63) is 23.5 Å². The highest BCUT2D eigenvalue weighted by molar-refractivity contribution is 5.95. The molecule has 3 nitrogen and oxygen atoms in total. The van der Waals surface area contributed by atoms with Crippen molar-refractivity contribution in [1.29, 1.82) is 0 Å². The van der Waals surface area contributed by atoms with E-state index >= 15 is 0 Å². The van der Waals surface area contributed by atoms with Crippen LogP contribution in [0, 0.1) is 5.82 Å². The Morgan fingerprint density at radius 2 is 2.00 bits per heavy atom. The predicted octanol–water partition coefficient (Wildman–Crippen LogP) is 1.76. The number of ether oxygens (including phenoxy) is 2. The fourth-order valence-corrected chi connectivity index (χ4v) is 1.19. The minimum atomic E-state index is -0.572. The Hall–Kier alpha value is -1.58. The van der Waals surface area contributed by atoms with Gasteiger partial charge in [0.05, 0.1) is 5.56 Å². The number of hydrogen-bond acceptors (Lipinski definition) is 3. The molecule has 0 N–H and O–H groups in total. The first-order chi connectivity index (χ1) is 6.18. The summed E-state index contributed by atoms with van der Waals surface area (Å²) >= 11 is 0. The first kappa shape index (κ1) is 8.04. The van der Waals surface area contributed by atoms with Crippen molar-refractivity contribution in [3.63, 3.8) is 0 Å². The van der Waals surface area contributed by atoms with Crippen LogP contribution in [0.2, 0.25) is 0 Å². The van der Waals surface area contributed by atoms with E-state index in [-0.39, 0.29) is 18.1 Å². The first-order valence-electron chi connectivity index (χ1n) is 3.78. The average Bonchev–Trinajstić information content (AvgIpc) is 2.48. The molecule has 1 aromatic carbocycles. The van der Waals surface area contributed by atoms with Crippen LogP contribution >= 0.6 is 0 Å². The Labute approximate surface area is 74.1 Å². The number of halogens is 1. The normalized spacial score (nSPS) is 13.1. The zero-order valence-corrected chi connectivity index (χ0v) is 6.96. The van der Waals surface area contributed by atoms with Crippen LogP contribution in [0.25, 0.3) is 0 Å². The molecule has 1 aromatic rings. The van der Waals surface area contributed by atoms with Gasteiger partial charge in [-0.2, -0.15) is 0 Å². The number of benzene rings is 1. The molecule has 0 bridgehead atoms. The molecule has 0 spiro atoms. The minimum Gasteiger partial charge on any atom is -0.454 e. The van der Waals surface area contributed by atoms with Crippen molar-refractivity contribution >= 4 is 5.78 Å². The van der Waals surface area contributed by atoms with Gasteiger partial charge in [-0.15, -0.1) is 0 Å². The highest BCUT2D eigenvalue weighted by atomic mass is 19.1. The number of carbonyl (C=O) groups is 1. The van der Waals surface area contributed by atoms with Gasteiger partial charge in [-0.25, -0.2) is 4.39 Å². The Morgan fingerprint density at radius 3 is 2.62 bits per heavy atom. The molecule has 1 heterocycles. The first-order valence-corrected chi connectivity index (χ1v) is 3.78. The summed E-state index contributed by atoms with van der Waals surface area (Å²) in [6.45, 7) is 1.39. The maximum absolute atomic E-state index is 13.1. The molecule has 0 saturated heterocycles. The highest BCUT2D eigenvalue weighted by Gasteiger charge is 2.18. The van der Waals surface area contributed by atoms with E-state index in [4.69, 9.17) is 9.47 Å². The van der Waals surface area contributed by atoms with Crippen LogP contribution in [0.15, 0.2) is 12.1 Å². The molecule has 2 rings (SSSR count). The quantitative estimate of drug-likeness (QED) is 0.621. The number of rotatable bonds is 1. The number of Topliss-reactive ketones (excluding diaryl/α,β-unsaturated/α-hetero) is 1. The summed E-state index contributed by atoms with van der Waals surface area (Å²) < 4.78 is 23.1. The fourth-order valence-electron chi connectivity index (χ4n) is 1.19. The summed E-state index contributed by atoms with van der Waals surface area (Å²) in [5.74, 6) is -0.123. The van der Waals surface area contributed by atoms with Crippen LogP contribution in [-0.2, 0) is 0 Å². The van der Waals surface area contributed by atoms with Gasteiger partial charge in [-0.05, 0) is 13.0 Å². The Balaban J connectivity index is 2.55. The van der Waals surface area contributed by atoms with E-state index in [1.54, 1.807) is 0 Å². The van der Waals surface area contributed by atoms with Crippen molar-refractivity contribution in [2.24, 2.45) is 0 Å². The van der Waals surface area contributed by atoms with E-state index in [0.717, 1.165) is 0 Å². The second kappa shape index (κ2) is 2.73. The predicted molar refractivity (Wildman–Crippen MR) is 42.5 cm³/mol. The summed E-state index contributed by atoms with van der Waals surface area (Å²) in [7, 11) is 0. The molecule has 0 unspecified atom stereocenters. The summed E-state index contributed by atoms with van der Waals surface area (Å²) in [6, 6.07) is 2.53. The summed E-state index contributed by atoms with van der Waals surface area (Å²) in [5.41, 5.74) is 0.0317. The third kappa shape index (κ3) is 1.24. The van der Waals surface area contributed by atoms with Crippen LogP contribution < -0.4 is 9.47 Å². The minimum absolute atomic E-state index is 0.0317. The average molecular weight is 182 g/mol. The Morgan fingerprint density at radius 1 is 1.38 bits per heavy atom. The lowest BCUT2D eigenvalue weighted by atomic mass is 10.1. The monoisotopic (exact) mass is 182 g/mol. The largest absolute Gasteiger partial charge is 0.454 e. The van der Waals surface area contributed by atoms with E-state index in [0.29, 0.717) is 11.5 Å². The van der Waals surface area contributed by atoms with Gasteiger partial charge >= 0.3 is 0 Å². The van der Waals surface area contributed by atoms with Crippen LogP contribution in [0.1, 0.15) is 17.3 Å². The van der Waals surface area contributed by atoms with Crippen molar-refractivity contribution in [3.8, 4) is 11.5 Å². The maximum Gasteiger partial charge on any atom is 0.231 e. The molecule has 0 saturated carbocycles. The molecule has 0 radical (unpaired) electrons. The van der Waals surface area contributed by atoms with Crippen molar-refractivity contribution in [2.45, 2.75) is 6.92 Å². The fraction of sp³-hybridized carbons (Fsp3) is 0.222. The summed E-state index contributed by atoms with van der Waals surface area (Å²) in [4.78, 5) is 10.9. The molecule has 1 aliphatic heterocycles. The molecule has 0 atom stereocenters. The molecular formula is C9H7FO3. The van der Waals surface area contributed by atoms with E-state index in [2.05, 4.69) is 0 Å². The molecule has 0 fully saturated rings. The summed E-state index contributed by atoms with van der Waals surface area (Å²) in [5, 5.41) is 0. The zero-order chi connectivity index (χ0) is 9.42. The number of ketones is 1. The number of hydrogen-bond donors (Lipinski definition) is 0. The zero-order valence-electron chi connectivity index (χ0n) is 6.96. The van der Waals surface area contributed by atoms with Gasteiger partial charge in [0, 0.05) is 6.07 Å². The smallest absolute Gasteiger partial charge is 0.231 e. The van der Waals surface area contributed by atoms with Gasteiger partial charge in [0.1, 0.15) is 5.82 Å². The standard InChI is InChI=1S/C9H7FO3/c1-5(11)6-2-8-9(3-7(6)10)13-4-12-8/h2-3H,4H2,1H3. The number of carbonyl (C=O) groups excluding carboxylic acids is 1. The Bertz CT molecular complexity index is 373. The third-order valence-electron chi connectivity index (χ3n) is 1.84. The maximum atomic E-state index is 13.1. The van der Waals surface area contributed by atoms with Crippen molar-refractivity contribution < 1.29 is 18.7 Å². The van der Waals surface area contributed by atoms with Crippen LogP contribution in [0.5, 0.6) is 11.5 Å². The molecule has 0 amide bonds. The van der Waals surface area contributed by atoms with E-state index < -0.39 is 5.82 Å². The van der Waals surface area contributed by atoms with E-state index in [9.17, 15) is 9.18 Å².